The molecule has 0 bridgehead atoms. The Hall–Kier alpha value is -2.89. The maximum absolute atomic E-state index is 13.1. The van der Waals surface area contributed by atoms with E-state index in [1.54, 1.807) is 22.6 Å². The van der Waals surface area contributed by atoms with E-state index in [0.29, 0.717) is 37.7 Å². The molecule has 2 aromatic heterocycles. The molecule has 2 aliphatic rings. The number of aromatic nitrogens is 2. The van der Waals surface area contributed by atoms with Gasteiger partial charge in [-0.2, -0.15) is 5.26 Å². The molecule has 0 aliphatic carbocycles. The van der Waals surface area contributed by atoms with Crippen molar-refractivity contribution in [2.24, 2.45) is 0 Å². The third-order valence-electron chi connectivity index (χ3n) is 6.37. The molecule has 2 aliphatic heterocycles. The third-order valence-corrected chi connectivity index (χ3v) is 8.59. The number of hydrogen-bond acceptors (Lipinski definition) is 5. The standard InChI is InChI=1S/C22H23N5O2S/c23-12-16-3-5-18(6-4-16)26-14-19(15-26)30(28,29)27-10-7-17(8-11-27)21-13-25-22-20(21)2-1-9-24-22/h1-6,9,13,17,19H,7-8,10-11,14-15H2,(H,24,25). The second-order valence-electron chi connectivity index (χ2n) is 8.05. The Balaban J connectivity index is 1.21. The van der Waals surface area contributed by atoms with Crippen molar-refractivity contribution in [2.45, 2.75) is 24.0 Å². The molecule has 8 heteroatoms. The molecule has 7 nitrogen and oxygen atoms in total. The summed E-state index contributed by atoms with van der Waals surface area (Å²) in [5, 5.41) is 9.68. The van der Waals surface area contributed by atoms with Crippen LogP contribution < -0.4 is 4.90 Å². The molecule has 3 aromatic rings. The highest BCUT2D eigenvalue weighted by Gasteiger charge is 2.42. The fourth-order valence-electron chi connectivity index (χ4n) is 4.53. The summed E-state index contributed by atoms with van der Waals surface area (Å²) >= 11 is 0. The van der Waals surface area contributed by atoms with E-state index in [4.69, 9.17) is 5.26 Å². The Morgan fingerprint density at radius 3 is 2.53 bits per heavy atom. The van der Waals surface area contributed by atoms with Gasteiger partial charge in [0.05, 0.1) is 11.6 Å². The van der Waals surface area contributed by atoms with Crippen LogP contribution in [0, 0.1) is 11.3 Å². The van der Waals surface area contributed by atoms with Crippen LogP contribution in [0.1, 0.15) is 29.9 Å². The van der Waals surface area contributed by atoms with Crippen LogP contribution in [0.3, 0.4) is 0 Å². The van der Waals surface area contributed by atoms with Gasteiger partial charge < -0.3 is 9.88 Å². The smallest absolute Gasteiger partial charge is 0.220 e. The molecule has 0 radical (unpaired) electrons. The molecule has 1 N–H and O–H groups in total. The van der Waals surface area contributed by atoms with Crippen molar-refractivity contribution in [3.8, 4) is 6.07 Å². The largest absolute Gasteiger partial charge is 0.369 e. The van der Waals surface area contributed by atoms with Gasteiger partial charge in [0.2, 0.25) is 10.0 Å². The molecule has 0 atom stereocenters. The van der Waals surface area contributed by atoms with Crippen LogP contribution in [0.5, 0.6) is 0 Å². The predicted molar refractivity (Wildman–Crippen MR) is 116 cm³/mol. The lowest BCUT2D eigenvalue weighted by atomic mass is 9.90. The number of sulfonamides is 1. The van der Waals surface area contributed by atoms with Crippen molar-refractivity contribution in [3.63, 3.8) is 0 Å². The zero-order chi connectivity index (χ0) is 20.7. The minimum Gasteiger partial charge on any atom is -0.369 e. The SMILES string of the molecule is N#Cc1ccc(N2CC(S(=O)(=O)N3CCC(c4c[nH]c5ncccc45)CC3)C2)cc1. The second-order valence-corrected chi connectivity index (χ2v) is 10.3. The zero-order valence-corrected chi connectivity index (χ0v) is 17.3. The van der Waals surface area contributed by atoms with Gasteiger partial charge in [0.1, 0.15) is 10.9 Å². The summed E-state index contributed by atoms with van der Waals surface area (Å²) in [4.78, 5) is 9.63. The highest BCUT2D eigenvalue weighted by Crippen LogP contribution is 2.35. The van der Waals surface area contributed by atoms with Crippen LogP contribution in [0.2, 0.25) is 0 Å². The summed E-state index contributed by atoms with van der Waals surface area (Å²) in [6.07, 6.45) is 5.45. The van der Waals surface area contributed by atoms with Crippen LogP contribution in [0.25, 0.3) is 11.0 Å². The number of aromatic amines is 1. The van der Waals surface area contributed by atoms with Crippen LogP contribution in [0.4, 0.5) is 5.69 Å². The van der Waals surface area contributed by atoms with E-state index in [0.717, 1.165) is 29.6 Å². The number of nitrogens with one attached hydrogen (secondary N) is 1. The van der Waals surface area contributed by atoms with Gasteiger partial charge in [0.25, 0.3) is 0 Å². The van der Waals surface area contributed by atoms with Crippen LogP contribution in [-0.2, 0) is 10.0 Å². The van der Waals surface area contributed by atoms with Gasteiger partial charge in [-0.3, -0.25) is 0 Å². The summed E-state index contributed by atoms with van der Waals surface area (Å²) < 4.78 is 27.9. The minimum absolute atomic E-state index is 0.353. The van der Waals surface area contributed by atoms with Gasteiger partial charge in [-0.25, -0.2) is 17.7 Å². The lowest BCUT2D eigenvalue weighted by Crippen LogP contribution is -2.59. The molecule has 30 heavy (non-hydrogen) atoms. The summed E-state index contributed by atoms with van der Waals surface area (Å²) in [6.45, 7) is 2.13. The Morgan fingerprint density at radius 2 is 1.83 bits per heavy atom. The number of nitriles is 1. The first kappa shape index (κ1) is 19.1. The van der Waals surface area contributed by atoms with Gasteiger partial charge in [0.15, 0.2) is 0 Å². The molecular weight excluding hydrogens is 398 g/mol. The van der Waals surface area contributed by atoms with Gasteiger partial charge >= 0.3 is 0 Å². The first-order valence-corrected chi connectivity index (χ1v) is 11.7. The van der Waals surface area contributed by atoms with E-state index in [-0.39, 0.29) is 5.25 Å². The van der Waals surface area contributed by atoms with Crippen molar-refractivity contribution < 1.29 is 8.42 Å². The van der Waals surface area contributed by atoms with Gasteiger partial charge in [-0.05, 0) is 60.7 Å². The molecule has 0 amide bonds. The topological polar surface area (TPSA) is 93.1 Å². The summed E-state index contributed by atoms with van der Waals surface area (Å²) in [6, 6.07) is 13.4. The van der Waals surface area contributed by atoms with E-state index in [2.05, 4.69) is 27.0 Å². The third kappa shape index (κ3) is 3.24. The van der Waals surface area contributed by atoms with Crippen molar-refractivity contribution in [1.82, 2.24) is 14.3 Å². The molecule has 154 valence electrons. The van der Waals surface area contributed by atoms with Crippen LogP contribution in [0.15, 0.2) is 48.8 Å². The van der Waals surface area contributed by atoms with Crippen molar-refractivity contribution in [2.75, 3.05) is 31.1 Å². The number of rotatable bonds is 4. The number of H-pyrrole nitrogens is 1. The maximum Gasteiger partial charge on any atom is 0.220 e. The van der Waals surface area contributed by atoms with E-state index < -0.39 is 10.0 Å². The zero-order valence-electron chi connectivity index (χ0n) is 16.5. The highest BCUT2D eigenvalue weighted by atomic mass is 32.2. The Morgan fingerprint density at radius 1 is 1.10 bits per heavy atom. The first-order valence-electron chi connectivity index (χ1n) is 10.2. The molecule has 2 fully saturated rings. The molecule has 5 rings (SSSR count). The fourth-order valence-corrected chi connectivity index (χ4v) is 6.41. The summed E-state index contributed by atoms with van der Waals surface area (Å²) in [7, 11) is -3.29. The van der Waals surface area contributed by atoms with Crippen LogP contribution in [-0.4, -0.2) is 54.1 Å². The summed E-state index contributed by atoms with van der Waals surface area (Å²) in [5.41, 5.74) is 3.70. The monoisotopic (exact) mass is 421 g/mol. The molecule has 0 spiro atoms. The maximum atomic E-state index is 13.1. The molecule has 2 saturated heterocycles. The van der Waals surface area contributed by atoms with E-state index in [1.165, 1.54) is 5.56 Å². The summed E-state index contributed by atoms with van der Waals surface area (Å²) in [5.74, 6) is 0.353. The van der Waals surface area contributed by atoms with E-state index >= 15 is 0 Å². The average molecular weight is 422 g/mol. The first-order chi connectivity index (χ1) is 14.6. The lowest BCUT2D eigenvalue weighted by molar-refractivity contribution is 0.314. The number of pyridine rings is 1. The second kappa shape index (κ2) is 7.42. The number of piperidine rings is 1. The Bertz CT molecular complexity index is 1200. The normalized spacial score (nSPS) is 19.0. The molecule has 0 unspecified atom stereocenters. The fraction of sp³-hybridized carbons (Fsp3) is 0.364. The van der Waals surface area contributed by atoms with Gasteiger partial charge in [0, 0.05) is 49.6 Å². The van der Waals surface area contributed by atoms with Crippen molar-refractivity contribution in [3.05, 3.63) is 59.9 Å². The number of anilines is 1. The average Bonchev–Trinajstić information content (AvgIpc) is 3.17. The van der Waals surface area contributed by atoms with Gasteiger partial charge in [-0.15, -0.1) is 0 Å². The molecule has 1 aromatic carbocycles. The van der Waals surface area contributed by atoms with Crippen molar-refractivity contribution >= 4 is 26.7 Å². The van der Waals surface area contributed by atoms with Crippen LogP contribution >= 0.6 is 0 Å². The minimum atomic E-state index is -3.29. The Labute approximate surface area is 176 Å². The molecule has 4 heterocycles. The van der Waals surface area contributed by atoms with E-state index in [1.807, 2.05) is 24.4 Å². The predicted octanol–water partition coefficient (Wildman–Crippen LogP) is 2.83. The Kier molecular flexibility index (Phi) is 4.72. The quantitative estimate of drug-likeness (QED) is 0.699. The highest BCUT2D eigenvalue weighted by molar-refractivity contribution is 7.89. The molecule has 0 saturated carbocycles. The molecular formula is C22H23N5O2S. The number of nitrogens with zero attached hydrogens (tertiary/aromatic N) is 4. The van der Waals surface area contributed by atoms with Gasteiger partial charge in [-0.1, -0.05) is 0 Å². The number of fused-ring (bicyclic) bond motifs is 1. The number of hydrogen-bond donors (Lipinski definition) is 1. The number of benzene rings is 1. The van der Waals surface area contributed by atoms with Crippen molar-refractivity contribution in [1.29, 1.82) is 5.26 Å². The van der Waals surface area contributed by atoms with E-state index in [9.17, 15) is 8.42 Å². The lowest BCUT2D eigenvalue weighted by Gasteiger charge is -2.43.